The standard InChI is InChI=1S/C25H26N4O3S/c1-17-6-2-5-9-21(17)29-24(32)19-7-3-4-8-20(19)26-25(29)33-16-22(30)27-12-14-28(15-13-27)23(31)18-10-11-18/h2-9,18H,10-16H2,1H3. The van der Waals surface area contributed by atoms with E-state index in [0.717, 1.165) is 24.1 Å². The molecule has 7 nitrogen and oxygen atoms in total. The molecule has 2 aromatic carbocycles. The zero-order chi connectivity index (χ0) is 22.9. The molecule has 0 bridgehead atoms. The van der Waals surface area contributed by atoms with Gasteiger partial charge in [0.05, 0.1) is 22.3 Å². The van der Waals surface area contributed by atoms with E-state index in [1.807, 2.05) is 54.3 Å². The lowest BCUT2D eigenvalue weighted by Crippen LogP contribution is -2.51. The Bertz CT molecular complexity index is 1280. The second-order valence-corrected chi connectivity index (χ2v) is 9.55. The lowest BCUT2D eigenvalue weighted by molar-refractivity contribution is -0.139. The summed E-state index contributed by atoms with van der Waals surface area (Å²) >= 11 is 1.28. The Balaban J connectivity index is 1.36. The van der Waals surface area contributed by atoms with E-state index >= 15 is 0 Å². The average molecular weight is 463 g/mol. The Labute approximate surface area is 196 Å². The van der Waals surface area contributed by atoms with Crippen molar-refractivity contribution in [3.05, 3.63) is 64.4 Å². The quantitative estimate of drug-likeness (QED) is 0.431. The van der Waals surface area contributed by atoms with E-state index in [1.54, 1.807) is 15.5 Å². The van der Waals surface area contributed by atoms with Crippen molar-refractivity contribution in [3.63, 3.8) is 0 Å². The monoisotopic (exact) mass is 462 g/mol. The number of benzene rings is 2. The Hall–Kier alpha value is -3.13. The van der Waals surface area contributed by atoms with E-state index in [0.29, 0.717) is 42.2 Å². The third-order valence-corrected chi connectivity index (χ3v) is 7.22. The molecule has 8 heteroatoms. The lowest BCUT2D eigenvalue weighted by atomic mass is 10.2. The summed E-state index contributed by atoms with van der Waals surface area (Å²) in [5, 5.41) is 1.05. The third-order valence-electron chi connectivity index (χ3n) is 6.30. The van der Waals surface area contributed by atoms with Gasteiger partial charge in [-0.25, -0.2) is 4.98 Å². The summed E-state index contributed by atoms with van der Waals surface area (Å²) < 4.78 is 1.61. The highest BCUT2D eigenvalue weighted by Crippen LogP contribution is 2.31. The second kappa shape index (κ2) is 9.02. The van der Waals surface area contributed by atoms with Crippen LogP contribution in [0.25, 0.3) is 16.6 Å². The van der Waals surface area contributed by atoms with Gasteiger partial charge in [-0.3, -0.25) is 19.0 Å². The van der Waals surface area contributed by atoms with Crippen LogP contribution in [0.5, 0.6) is 0 Å². The Morgan fingerprint density at radius 3 is 2.36 bits per heavy atom. The van der Waals surface area contributed by atoms with Crippen molar-refractivity contribution in [2.75, 3.05) is 31.9 Å². The van der Waals surface area contributed by atoms with E-state index in [-0.39, 0.29) is 29.0 Å². The van der Waals surface area contributed by atoms with Gasteiger partial charge in [0.1, 0.15) is 0 Å². The van der Waals surface area contributed by atoms with Crippen molar-refractivity contribution in [1.29, 1.82) is 0 Å². The molecule has 2 aliphatic rings. The first kappa shape index (κ1) is 21.7. The van der Waals surface area contributed by atoms with Gasteiger partial charge in [-0.1, -0.05) is 42.1 Å². The lowest BCUT2D eigenvalue weighted by Gasteiger charge is -2.35. The van der Waals surface area contributed by atoms with E-state index in [2.05, 4.69) is 0 Å². The van der Waals surface area contributed by atoms with E-state index in [9.17, 15) is 14.4 Å². The van der Waals surface area contributed by atoms with Gasteiger partial charge < -0.3 is 9.80 Å². The summed E-state index contributed by atoms with van der Waals surface area (Å²) in [6.07, 6.45) is 1.99. The van der Waals surface area contributed by atoms with Gasteiger partial charge in [-0.2, -0.15) is 0 Å². The van der Waals surface area contributed by atoms with Gasteiger partial charge in [-0.05, 0) is 43.5 Å². The van der Waals surface area contributed by atoms with Gasteiger partial charge in [-0.15, -0.1) is 0 Å². The molecule has 2 heterocycles. The number of hydrogen-bond acceptors (Lipinski definition) is 5. The van der Waals surface area contributed by atoms with Crippen molar-refractivity contribution in [2.45, 2.75) is 24.9 Å². The molecule has 2 amide bonds. The SMILES string of the molecule is Cc1ccccc1-n1c(SCC(=O)N2CCN(C(=O)C3CC3)CC2)nc2ccccc2c1=O. The zero-order valence-corrected chi connectivity index (χ0v) is 19.4. The molecular formula is C25H26N4O3S. The molecule has 1 saturated carbocycles. The fourth-order valence-corrected chi connectivity index (χ4v) is 5.13. The van der Waals surface area contributed by atoms with Crippen LogP contribution in [0.3, 0.4) is 0 Å². The van der Waals surface area contributed by atoms with Crippen LogP contribution >= 0.6 is 11.8 Å². The highest BCUT2D eigenvalue weighted by molar-refractivity contribution is 7.99. The number of aromatic nitrogens is 2. The van der Waals surface area contributed by atoms with Gasteiger partial charge in [0, 0.05) is 32.1 Å². The maximum Gasteiger partial charge on any atom is 0.266 e. The molecule has 0 spiro atoms. The molecule has 33 heavy (non-hydrogen) atoms. The number of thioether (sulfide) groups is 1. The van der Waals surface area contributed by atoms with Crippen LogP contribution in [0.1, 0.15) is 18.4 Å². The number of amides is 2. The first-order chi connectivity index (χ1) is 16.0. The van der Waals surface area contributed by atoms with Gasteiger partial charge in [0.15, 0.2) is 5.16 Å². The Morgan fingerprint density at radius 1 is 0.970 bits per heavy atom. The Morgan fingerprint density at radius 2 is 1.64 bits per heavy atom. The number of carbonyl (C=O) groups excluding carboxylic acids is 2. The average Bonchev–Trinajstić information content (AvgIpc) is 3.69. The third kappa shape index (κ3) is 4.39. The largest absolute Gasteiger partial charge is 0.339 e. The van der Waals surface area contributed by atoms with E-state index in [1.165, 1.54) is 11.8 Å². The van der Waals surface area contributed by atoms with Crippen molar-refractivity contribution >= 4 is 34.5 Å². The van der Waals surface area contributed by atoms with Crippen molar-refractivity contribution in [1.82, 2.24) is 19.4 Å². The molecule has 3 aromatic rings. The molecule has 0 atom stereocenters. The molecule has 5 rings (SSSR count). The summed E-state index contributed by atoms with van der Waals surface area (Å²) in [5.41, 5.74) is 2.20. The zero-order valence-electron chi connectivity index (χ0n) is 18.6. The van der Waals surface area contributed by atoms with Crippen LogP contribution in [0.15, 0.2) is 58.5 Å². The number of nitrogens with zero attached hydrogens (tertiary/aromatic N) is 4. The number of aryl methyl sites for hydroxylation is 1. The molecule has 0 N–H and O–H groups in total. The molecular weight excluding hydrogens is 436 g/mol. The van der Waals surface area contributed by atoms with Crippen LogP contribution in [-0.4, -0.2) is 63.1 Å². The minimum absolute atomic E-state index is 0.00254. The molecule has 1 aliphatic carbocycles. The molecule has 0 radical (unpaired) electrons. The highest BCUT2D eigenvalue weighted by Gasteiger charge is 2.35. The number of carbonyl (C=O) groups is 2. The first-order valence-electron chi connectivity index (χ1n) is 11.3. The Kier molecular flexibility index (Phi) is 5.93. The van der Waals surface area contributed by atoms with Gasteiger partial charge in [0.25, 0.3) is 5.56 Å². The van der Waals surface area contributed by atoms with Crippen LogP contribution in [0.2, 0.25) is 0 Å². The number of para-hydroxylation sites is 2. The highest BCUT2D eigenvalue weighted by atomic mass is 32.2. The molecule has 0 unspecified atom stereocenters. The van der Waals surface area contributed by atoms with Gasteiger partial charge >= 0.3 is 0 Å². The van der Waals surface area contributed by atoms with Crippen LogP contribution in [0, 0.1) is 12.8 Å². The summed E-state index contributed by atoms with van der Waals surface area (Å²) in [6, 6.07) is 15.0. The number of rotatable bonds is 5. The van der Waals surface area contributed by atoms with Crippen molar-refractivity contribution in [2.24, 2.45) is 5.92 Å². The minimum atomic E-state index is -0.142. The predicted molar refractivity (Wildman–Crippen MR) is 129 cm³/mol. The smallest absolute Gasteiger partial charge is 0.266 e. The summed E-state index contributed by atoms with van der Waals surface area (Å²) in [4.78, 5) is 47.0. The van der Waals surface area contributed by atoms with Crippen LogP contribution in [0.4, 0.5) is 0 Å². The number of piperazine rings is 1. The van der Waals surface area contributed by atoms with E-state index in [4.69, 9.17) is 4.98 Å². The first-order valence-corrected chi connectivity index (χ1v) is 12.3. The van der Waals surface area contributed by atoms with Gasteiger partial charge in [0.2, 0.25) is 11.8 Å². The van der Waals surface area contributed by atoms with Crippen LogP contribution < -0.4 is 5.56 Å². The summed E-state index contributed by atoms with van der Waals surface area (Å²) in [6.45, 7) is 4.24. The van der Waals surface area contributed by atoms with Crippen LogP contribution in [-0.2, 0) is 9.59 Å². The fourth-order valence-electron chi connectivity index (χ4n) is 4.22. The summed E-state index contributed by atoms with van der Waals surface area (Å²) in [5.74, 6) is 0.629. The molecule has 2 fully saturated rings. The number of fused-ring (bicyclic) bond motifs is 1. The second-order valence-electron chi connectivity index (χ2n) is 8.61. The molecule has 1 aromatic heterocycles. The van der Waals surface area contributed by atoms with Crippen molar-refractivity contribution in [3.8, 4) is 5.69 Å². The maximum atomic E-state index is 13.4. The van der Waals surface area contributed by atoms with E-state index < -0.39 is 0 Å². The minimum Gasteiger partial charge on any atom is -0.339 e. The fraction of sp³-hybridized carbons (Fsp3) is 0.360. The number of hydrogen-bond donors (Lipinski definition) is 0. The molecule has 170 valence electrons. The maximum absolute atomic E-state index is 13.4. The van der Waals surface area contributed by atoms with Crippen molar-refractivity contribution < 1.29 is 9.59 Å². The topological polar surface area (TPSA) is 75.5 Å². The molecule has 1 saturated heterocycles. The normalized spacial score (nSPS) is 16.3. The predicted octanol–water partition coefficient (Wildman–Crippen LogP) is 2.87. The molecule has 1 aliphatic heterocycles. The summed E-state index contributed by atoms with van der Waals surface area (Å²) in [7, 11) is 0.